The van der Waals surface area contributed by atoms with Crippen molar-refractivity contribution in [3.8, 4) is 0 Å². The molecule has 1 atom stereocenters. The number of methoxy groups -OCH3 is 1. The van der Waals surface area contributed by atoms with Crippen LogP contribution in [0.5, 0.6) is 0 Å². The minimum Gasteiger partial charge on any atom is -0.444 e. The van der Waals surface area contributed by atoms with Gasteiger partial charge in [-0.25, -0.2) is 4.79 Å². The fraction of sp³-hybridized carbons (Fsp3) is 0.857. The largest absolute Gasteiger partial charge is 0.444 e. The molecule has 0 spiro atoms. The van der Waals surface area contributed by atoms with Gasteiger partial charge in [-0.1, -0.05) is 13.8 Å². The number of carbonyl (C=O) groups is 2. The first kappa shape index (κ1) is 18.7. The molecule has 0 saturated heterocycles. The van der Waals surface area contributed by atoms with E-state index in [4.69, 9.17) is 9.47 Å². The Hall–Kier alpha value is -1.30. The summed E-state index contributed by atoms with van der Waals surface area (Å²) >= 11 is 0. The Morgan fingerprint density at radius 2 is 1.80 bits per heavy atom. The minimum absolute atomic E-state index is 0.0232. The highest BCUT2D eigenvalue weighted by Gasteiger charge is 2.26. The maximum atomic E-state index is 12.0. The van der Waals surface area contributed by atoms with Crippen LogP contribution in [0.15, 0.2) is 0 Å². The second kappa shape index (κ2) is 8.79. The molecule has 0 fully saturated rings. The summed E-state index contributed by atoms with van der Waals surface area (Å²) in [6.45, 7) is 10.2. The molecule has 0 heterocycles. The summed E-state index contributed by atoms with van der Waals surface area (Å²) in [4.78, 5) is 23.7. The van der Waals surface area contributed by atoms with Crippen molar-refractivity contribution in [3.63, 3.8) is 0 Å². The Bertz CT molecular complexity index is 311. The lowest BCUT2D eigenvalue weighted by molar-refractivity contribution is -0.124. The summed E-state index contributed by atoms with van der Waals surface area (Å²) in [6, 6.07) is -0.604. The van der Waals surface area contributed by atoms with Crippen LogP contribution < -0.4 is 10.6 Å². The molecule has 118 valence electrons. The van der Waals surface area contributed by atoms with Gasteiger partial charge in [0.1, 0.15) is 11.6 Å². The van der Waals surface area contributed by atoms with Crippen LogP contribution in [-0.4, -0.2) is 43.9 Å². The van der Waals surface area contributed by atoms with Crippen LogP contribution in [0.4, 0.5) is 4.79 Å². The maximum absolute atomic E-state index is 12.0. The van der Waals surface area contributed by atoms with E-state index in [1.54, 1.807) is 27.9 Å². The van der Waals surface area contributed by atoms with Crippen molar-refractivity contribution in [3.05, 3.63) is 0 Å². The fourth-order valence-electron chi connectivity index (χ4n) is 1.51. The van der Waals surface area contributed by atoms with Crippen molar-refractivity contribution in [1.29, 1.82) is 0 Å². The third-order valence-corrected chi connectivity index (χ3v) is 2.45. The molecule has 2 N–H and O–H groups in total. The lowest BCUT2D eigenvalue weighted by atomic mass is 10.0. The molecule has 0 aromatic heterocycles. The zero-order chi connectivity index (χ0) is 15.8. The Morgan fingerprint density at radius 3 is 2.25 bits per heavy atom. The van der Waals surface area contributed by atoms with Crippen LogP contribution in [0.1, 0.15) is 41.0 Å². The van der Waals surface area contributed by atoms with Gasteiger partial charge in [0.05, 0.1) is 0 Å². The zero-order valence-electron chi connectivity index (χ0n) is 13.4. The zero-order valence-corrected chi connectivity index (χ0v) is 13.4. The maximum Gasteiger partial charge on any atom is 0.408 e. The molecule has 0 aliphatic heterocycles. The second-order valence-corrected chi connectivity index (χ2v) is 6.01. The first-order valence-corrected chi connectivity index (χ1v) is 6.93. The average Bonchev–Trinajstić information content (AvgIpc) is 2.28. The van der Waals surface area contributed by atoms with Crippen molar-refractivity contribution >= 4 is 12.0 Å². The molecule has 2 amide bonds. The van der Waals surface area contributed by atoms with Gasteiger partial charge in [-0.05, 0) is 33.1 Å². The van der Waals surface area contributed by atoms with E-state index in [0.717, 1.165) is 6.42 Å². The van der Waals surface area contributed by atoms with Gasteiger partial charge >= 0.3 is 6.09 Å². The fourth-order valence-corrected chi connectivity index (χ4v) is 1.51. The average molecular weight is 288 g/mol. The third-order valence-electron chi connectivity index (χ3n) is 2.45. The number of amides is 2. The topological polar surface area (TPSA) is 76.7 Å². The van der Waals surface area contributed by atoms with Crippen molar-refractivity contribution < 1.29 is 19.1 Å². The lowest BCUT2D eigenvalue weighted by Crippen LogP contribution is -2.51. The molecule has 1 unspecified atom stereocenters. The molecule has 0 bridgehead atoms. The molecule has 0 aliphatic carbocycles. The van der Waals surface area contributed by atoms with Crippen molar-refractivity contribution in [2.45, 2.75) is 52.7 Å². The van der Waals surface area contributed by atoms with E-state index >= 15 is 0 Å². The molecule has 6 heteroatoms. The standard InChI is InChI=1S/C14H28N2O4/c1-10(2)11(12(17)15-8-7-9-19-6)16-13(18)20-14(3,4)5/h10-11H,7-9H2,1-6H3,(H,15,17)(H,16,18). The Kier molecular flexibility index (Phi) is 8.22. The molecule has 0 saturated carbocycles. The highest BCUT2D eigenvalue weighted by molar-refractivity contribution is 5.85. The summed E-state index contributed by atoms with van der Waals surface area (Å²) in [5, 5.41) is 5.39. The molecule has 0 aromatic rings. The number of carbonyl (C=O) groups excluding carboxylic acids is 2. The number of nitrogens with one attached hydrogen (secondary N) is 2. The predicted octanol–water partition coefficient (Wildman–Crippen LogP) is 1.69. The van der Waals surface area contributed by atoms with Crippen LogP contribution in [0.25, 0.3) is 0 Å². The first-order chi connectivity index (χ1) is 9.17. The normalized spacial score (nSPS) is 12.9. The smallest absolute Gasteiger partial charge is 0.408 e. The van der Waals surface area contributed by atoms with E-state index in [-0.39, 0.29) is 11.8 Å². The Morgan fingerprint density at radius 1 is 1.20 bits per heavy atom. The second-order valence-electron chi connectivity index (χ2n) is 6.01. The molecule has 6 nitrogen and oxygen atoms in total. The van der Waals surface area contributed by atoms with Gasteiger partial charge in [0.25, 0.3) is 0 Å². The van der Waals surface area contributed by atoms with Crippen LogP contribution in [0.3, 0.4) is 0 Å². The third kappa shape index (κ3) is 8.74. The van der Waals surface area contributed by atoms with Crippen molar-refractivity contribution in [1.82, 2.24) is 10.6 Å². The van der Waals surface area contributed by atoms with Gasteiger partial charge in [-0.3, -0.25) is 4.79 Å². The van der Waals surface area contributed by atoms with Crippen molar-refractivity contribution in [2.24, 2.45) is 5.92 Å². The van der Waals surface area contributed by atoms with Crippen LogP contribution in [-0.2, 0) is 14.3 Å². The van der Waals surface area contributed by atoms with E-state index in [1.165, 1.54) is 0 Å². The molecule has 0 radical (unpaired) electrons. The number of alkyl carbamates (subject to hydrolysis) is 1. The van der Waals surface area contributed by atoms with E-state index < -0.39 is 17.7 Å². The van der Waals surface area contributed by atoms with E-state index in [0.29, 0.717) is 13.2 Å². The highest BCUT2D eigenvalue weighted by atomic mass is 16.6. The van der Waals surface area contributed by atoms with Crippen LogP contribution in [0, 0.1) is 5.92 Å². The minimum atomic E-state index is -0.604. The summed E-state index contributed by atoms with van der Waals surface area (Å²) in [5.74, 6) is -0.230. The highest BCUT2D eigenvalue weighted by Crippen LogP contribution is 2.08. The van der Waals surface area contributed by atoms with Crippen LogP contribution >= 0.6 is 0 Å². The molecular formula is C14H28N2O4. The summed E-state index contributed by atoms with van der Waals surface area (Å²) in [5.41, 5.74) is -0.583. The van der Waals surface area contributed by atoms with Crippen LogP contribution in [0.2, 0.25) is 0 Å². The number of rotatable bonds is 7. The molecule has 0 rings (SSSR count). The monoisotopic (exact) mass is 288 g/mol. The quantitative estimate of drug-likeness (QED) is 0.699. The van der Waals surface area contributed by atoms with E-state index in [2.05, 4.69) is 10.6 Å². The van der Waals surface area contributed by atoms with E-state index in [1.807, 2.05) is 13.8 Å². The van der Waals surface area contributed by atoms with Gasteiger partial charge in [0, 0.05) is 20.3 Å². The van der Waals surface area contributed by atoms with Gasteiger partial charge < -0.3 is 20.1 Å². The molecule has 0 aliphatic rings. The summed E-state index contributed by atoms with van der Waals surface area (Å²) in [6.07, 6.45) is 0.155. The van der Waals surface area contributed by atoms with Gasteiger partial charge in [-0.15, -0.1) is 0 Å². The van der Waals surface area contributed by atoms with E-state index in [9.17, 15) is 9.59 Å². The van der Waals surface area contributed by atoms with Gasteiger partial charge in [-0.2, -0.15) is 0 Å². The van der Waals surface area contributed by atoms with Crippen molar-refractivity contribution in [2.75, 3.05) is 20.3 Å². The molecular weight excluding hydrogens is 260 g/mol. The number of hydrogen-bond donors (Lipinski definition) is 2. The predicted molar refractivity (Wildman–Crippen MR) is 77.5 cm³/mol. The Labute approximate surface area is 121 Å². The summed E-state index contributed by atoms with van der Waals surface area (Å²) < 4.78 is 10.1. The molecule has 0 aromatic carbocycles. The molecule has 20 heavy (non-hydrogen) atoms. The SMILES string of the molecule is COCCCNC(=O)C(NC(=O)OC(C)(C)C)C(C)C. The van der Waals surface area contributed by atoms with Gasteiger partial charge in [0.15, 0.2) is 0 Å². The Balaban J connectivity index is 4.35. The van der Waals surface area contributed by atoms with Gasteiger partial charge in [0.2, 0.25) is 5.91 Å². The number of hydrogen-bond acceptors (Lipinski definition) is 4. The summed E-state index contributed by atoms with van der Waals surface area (Å²) in [7, 11) is 1.61. The first-order valence-electron chi connectivity index (χ1n) is 6.93. The lowest BCUT2D eigenvalue weighted by Gasteiger charge is -2.25. The number of ether oxygens (including phenoxy) is 2.